The average Bonchev–Trinajstić information content (AvgIpc) is 3.23. The lowest BCUT2D eigenvalue weighted by Crippen LogP contribution is -3.06. The van der Waals surface area contributed by atoms with E-state index in [9.17, 15) is 9.59 Å². The molecule has 3 N–H and O–H groups in total. The lowest BCUT2D eigenvalue weighted by Gasteiger charge is -2.21. The summed E-state index contributed by atoms with van der Waals surface area (Å²) in [5, 5.41) is 7.82. The molecule has 0 saturated carbocycles. The first-order valence-corrected chi connectivity index (χ1v) is 10.0. The van der Waals surface area contributed by atoms with E-state index in [0.717, 1.165) is 12.1 Å². The summed E-state index contributed by atoms with van der Waals surface area (Å²) in [6, 6.07) is 20.5. The summed E-state index contributed by atoms with van der Waals surface area (Å²) >= 11 is 1.38. The molecule has 1 heterocycles. The number of thiophene rings is 1. The van der Waals surface area contributed by atoms with E-state index in [-0.39, 0.29) is 17.9 Å². The number of nitrogens with one attached hydrogen (secondary N) is 3. The Balaban J connectivity index is 1.73. The minimum atomic E-state index is -0.175. The van der Waals surface area contributed by atoms with Gasteiger partial charge < -0.3 is 15.5 Å². The SMILES string of the molecule is C[NH+](C)C[C@@H](NC(=O)c1cccc(NC(=O)c2cccs2)c1)c1ccccc1. The van der Waals surface area contributed by atoms with Crippen molar-refractivity contribution in [3.8, 4) is 0 Å². The number of hydrogen-bond donors (Lipinski definition) is 3. The van der Waals surface area contributed by atoms with Gasteiger partial charge in [-0.15, -0.1) is 11.3 Å². The molecule has 3 rings (SSSR count). The van der Waals surface area contributed by atoms with Gasteiger partial charge in [-0.2, -0.15) is 0 Å². The van der Waals surface area contributed by atoms with E-state index in [2.05, 4.69) is 24.7 Å². The minimum absolute atomic E-state index is 0.0944. The van der Waals surface area contributed by atoms with Crippen LogP contribution in [0, 0.1) is 0 Å². The predicted molar refractivity (Wildman–Crippen MR) is 113 cm³/mol. The largest absolute Gasteiger partial charge is 0.340 e. The van der Waals surface area contributed by atoms with Crippen LogP contribution in [0.2, 0.25) is 0 Å². The molecule has 2 amide bonds. The van der Waals surface area contributed by atoms with E-state index in [1.165, 1.54) is 16.2 Å². The molecule has 5 nitrogen and oxygen atoms in total. The zero-order valence-corrected chi connectivity index (χ0v) is 16.8. The molecule has 0 radical (unpaired) electrons. The molecule has 0 bridgehead atoms. The Hall–Kier alpha value is -2.96. The highest BCUT2D eigenvalue weighted by molar-refractivity contribution is 7.12. The van der Waals surface area contributed by atoms with Gasteiger partial charge >= 0.3 is 0 Å². The molecular formula is C22H24N3O2S+. The number of hydrogen-bond acceptors (Lipinski definition) is 3. The third-order valence-electron chi connectivity index (χ3n) is 4.25. The number of quaternary nitrogens is 1. The van der Waals surface area contributed by atoms with Crippen molar-refractivity contribution in [3.05, 3.63) is 88.1 Å². The molecule has 0 saturated heterocycles. The molecular weight excluding hydrogens is 370 g/mol. The summed E-state index contributed by atoms with van der Waals surface area (Å²) in [7, 11) is 4.12. The zero-order chi connectivity index (χ0) is 19.9. The van der Waals surface area contributed by atoms with E-state index < -0.39 is 0 Å². The van der Waals surface area contributed by atoms with Gasteiger partial charge in [0.05, 0.1) is 19.0 Å². The van der Waals surface area contributed by atoms with Gasteiger partial charge in [0.1, 0.15) is 12.6 Å². The number of amides is 2. The van der Waals surface area contributed by atoms with Crippen molar-refractivity contribution in [1.82, 2.24) is 5.32 Å². The zero-order valence-electron chi connectivity index (χ0n) is 15.9. The number of likely N-dealkylation sites (N-methyl/N-ethyl adjacent to an activating group) is 1. The van der Waals surface area contributed by atoms with E-state index in [1.807, 2.05) is 41.8 Å². The van der Waals surface area contributed by atoms with Crippen molar-refractivity contribution in [2.24, 2.45) is 0 Å². The fourth-order valence-electron chi connectivity index (χ4n) is 2.93. The smallest absolute Gasteiger partial charge is 0.265 e. The van der Waals surface area contributed by atoms with Gasteiger partial charge in [-0.3, -0.25) is 9.59 Å². The quantitative estimate of drug-likeness (QED) is 0.577. The number of rotatable bonds is 7. The first-order valence-electron chi connectivity index (χ1n) is 9.12. The Bertz CT molecular complexity index is 924. The van der Waals surface area contributed by atoms with Crippen molar-refractivity contribution >= 4 is 28.8 Å². The summed E-state index contributed by atoms with van der Waals surface area (Å²) in [4.78, 5) is 27.0. The second-order valence-corrected chi connectivity index (χ2v) is 7.81. The summed E-state index contributed by atoms with van der Waals surface area (Å²) in [6.07, 6.45) is 0. The second-order valence-electron chi connectivity index (χ2n) is 6.86. The van der Waals surface area contributed by atoms with E-state index in [4.69, 9.17) is 0 Å². The van der Waals surface area contributed by atoms with Gasteiger partial charge in [-0.05, 0) is 35.2 Å². The Morgan fingerprint density at radius 2 is 1.75 bits per heavy atom. The van der Waals surface area contributed by atoms with Gasteiger partial charge in [-0.1, -0.05) is 42.5 Å². The Morgan fingerprint density at radius 3 is 2.43 bits per heavy atom. The van der Waals surface area contributed by atoms with Crippen LogP contribution in [0.5, 0.6) is 0 Å². The Morgan fingerprint density at radius 1 is 0.964 bits per heavy atom. The Kier molecular flexibility index (Phi) is 6.57. The average molecular weight is 395 g/mol. The molecule has 0 aliphatic rings. The van der Waals surface area contributed by atoms with Crippen LogP contribution in [0.25, 0.3) is 0 Å². The Labute approximate surface area is 169 Å². The summed E-state index contributed by atoms with van der Waals surface area (Å²) in [6.45, 7) is 0.768. The summed E-state index contributed by atoms with van der Waals surface area (Å²) in [5.41, 5.74) is 2.18. The van der Waals surface area contributed by atoms with Gasteiger partial charge in [0.25, 0.3) is 11.8 Å². The molecule has 144 valence electrons. The van der Waals surface area contributed by atoms with Gasteiger partial charge in [-0.25, -0.2) is 0 Å². The van der Waals surface area contributed by atoms with Crippen molar-refractivity contribution < 1.29 is 14.5 Å². The van der Waals surface area contributed by atoms with Crippen LogP contribution in [0.3, 0.4) is 0 Å². The van der Waals surface area contributed by atoms with Crippen LogP contribution in [-0.4, -0.2) is 32.5 Å². The van der Waals surface area contributed by atoms with Crippen molar-refractivity contribution in [2.45, 2.75) is 6.04 Å². The maximum Gasteiger partial charge on any atom is 0.265 e. The van der Waals surface area contributed by atoms with E-state index in [0.29, 0.717) is 16.1 Å². The van der Waals surface area contributed by atoms with E-state index in [1.54, 1.807) is 30.3 Å². The fourth-order valence-corrected chi connectivity index (χ4v) is 3.54. The topological polar surface area (TPSA) is 62.6 Å². The lowest BCUT2D eigenvalue weighted by molar-refractivity contribution is -0.860. The number of carbonyl (C=O) groups excluding carboxylic acids is 2. The molecule has 3 aromatic rings. The molecule has 6 heteroatoms. The van der Waals surface area contributed by atoms with Gasteiger partial charge in [0.15, 0.2) is 0 Å². The van der Waals surface area contributed by atoms with Crippen LogP contribution in [0.1, 0.15) is 31.6 Å². The highest BCUT2D eigenvalue weighted by Gasteiger charge is 2.19. The van der Waals surface area contributed by atoms with E-state index >= 15 is 0 Å². The van der Waals surface area contributed by atoms with Crippen LogP contribution >= 0.6 is 11.3 Å². The van der Waals surface area contributed by atoms with Crippen LogP contribution in [0.15, 0.2) is 72.1 Å². The highest BCUT2D eigenvalue weighted by atomic mass is 32.1. The third kappa shape index (κ3) is 5.28. The number of benzene rings is 2. The maximum absolute atomic E-state index is 12.8. The number of carbonyl (C=O) groups is 2. The molecule has 0 spiro atoms. The minimum Gasteiger partial charge on any atom is -0.340 e. The monoisotopic (exact) mass is 394 g/mol. The molecule has 0 aliphatic carbocycles. The van der Waals surface area contributed by atoms with Gasteiger partial charge in [0, 0.05) is 11.3 Å². The third-order valence-corrected chi connectivity index (χ3v) is 5.12. The number of anilines is 1. The molecule has 1 aromatic heterocycles. The predicted octanol–water partition coefficient (Wildman–Crippen LogP) is 2.62. The summed E-state index contributed by atoms with van der Waals surface area (Å²) < 4.78 is 0. The molecule has 0 unspecified atom stereocenters. The van der Waals surface area contributed by atoms with Gasteiger partial charge in [0.2, 0.25) is 0 Å². The van der Waals surface area contributed by atoms with Crippen LogP contribution in [-0.2, 0) is 0 Å². The standard InChI is InChI=1S/C22H23N3O2S/c1-25(2)15-19(16-8-4-3-5-9-16)24-21(26)17-10-6-11-18(14-17)23-22(27)20-12-7-13-28-20/h3-14,19H,15H2,1-2H3,(H,23,27)(H,24,26)/p+1/t19-/m1/s1. The first kappa shape index (κ1) is 19.8. The van der Waals surface area contributed by atoms with Crippen molar-refractivity contribution in [2.75, 3.05) is 26.0 Å². The van der Waals surface area contributed by atoms with Crippen LogP contribution in [0.4, 0.5) is 5.69 Å². The molecule has 28 heavy (non-hydrogen) atoms. The lowest BCUT2D eigenvalue weighted by atomic mass is 10.1. The molecule has 0 fully saturated rings. The fraction of sp³-hybridized carbons (Fsp3) is 0.182. The molecule has 0 aliphatic heterocycles. The normalized spacial score (nSPS) is 11.8. The molecule has 2 aromatic carbocycles. The van der Waals surface area contributed by atoms with Crippen molar-refractivity contribution in [1.29, 1.82) is 0 Å². The highest BCUT2D eigenvalue weighted by Crippen LogP contribution is 2.16. The van der Waals surface area contributed by atoms with Crippen LogP contribution < -0.4 is 15.5 Å². The maximum atomic E-state index is 12.8. The first-order chi connectivity index (χ1) is 13.5. The molecule has 1 atom stereocenters. The second kappa shape index (κ2) is 9.30. The van der Waals surface area contributed by atoms with Crippen molar-refractivity contribution in [3.63, 3.8) is 0 Å². The summed E-state index contributed by atoms with van der Waals surface area (Å²) in [5.74, 6) is -0.340.